The molecule has 1 N–H and O–H groups in total. The number of amides is 2. The molecule has 1 saturated carbocycles. The SMILES string of the molecule is CN1CCN(c2ccccc2C2(C(=O)O)CCCC2)C(=O)C1=O. The average molecular weight is 316 g/mol. The van der Waals surface area contributed by atoms with Gasteiger partial charge >= 0.3 is 17.8 Å². The zero-order valence-electron chi connectivity index (χ0n) is 13.1. The number of hydrogen-bond acceptors (Lipinski definition) is 3. The van der Waals surface area contributed by atoms with Crippen molar-refractivity contribution in [2.75, 3.05) is 25.0 Å². The predicted molar refractivity (Wildman–Crippen MR) is 84.2 cm³/mol. The summed E-state index contributed by atoms with van der Waals surface area (Å²) in [5.41, 5.74) is 0.252. The maximum atomic E-state index is 12.4. The van der Waals surface area contributed by atoms with Gasteiger partial charge in [-0.2, -0.15) is 0 Å². The van der Waals surface area contributed by atoms with Crippen molar-refractivity contribution >= 4 is 23.5 Å². The second kappa shape index (κ2) is 5.68. The minimum Gasteiger partial charge on any atom is -0.481 e. The van der Waals surface area contributed by atoms with E-state index in [1.165, 1.54) is 9.80 Å². The molecule has 0 spiro atoms. The first-order valence-electron chi connectivity index (χ1n) is 7.87. The van der Waals surface area contributed by atoms with Crippen LogP contribution in [0.15, 0.2) is 24.3 Å². The van der Waals surface area contributed by atoms with Gasteiger partial charge in [0.25, 0.3) is 0 Å². The molecule has 2 fully saturated rings. The smallest absolute Gasteiger partial charge is 0.316 e. The lowest BCUT2D eigenvalue weighted by atomic mass is 9.77. The Morgan fingerprint density at radius 1 is 1.09 bits per heavy atom. The van der Waals surface area contributed by atoms with Gasteiger partial charge in [0, 0.05) is 25.8 Å². The number of carbonyl (C=O) groups excluding carboxylic acids is 2. The molecule has 1 heterocycles. The van der Waals surface area contributed by atoms with Gasteiger partial charge in [0.15, 0.2) is 0 Å². The van der Waals surface area contributed by atoms with E-state index in [4.69, 9.17) is 0 Å². The topological polar surface area (TPSA) is 77.9 Å². The molecule has 2 aliphatic rings. The van der Waals surface area contributed by atoms with Crippen molar-refractivity contribution in [2.45, 2.75) is 31.1 Å². The van der Waals surface area contributed by atoms with Crippen LogP contribution in [-0.2, 0) is 19.8 Å². The van der Waals surface area contributed by atoms with Crippen LogP contribution < -0.4 is 4.90 Å². The summed E-state index contributed by atoms with van der Waals surface area (Å²) < 4.78 is 0. The summed E-state index contributed by atoms with van der Waals surface area (Å²) >= 11 is 0. The molecule has 2 amide bonds. The standard InChI is InChI=1S/C17H20N2O4/c1-18-10-11-19(15(21)14(18)20)13-7-3-2-6-12(13)17(16(22)23)8-4-5-9-17/h2-3,6-7H,4-5,8-11H2,1H3,(H,22,23). The Labute approximate surface area is 134 Å². The highest BCUT2D eigenvalue weighted by atomic mass is 16.4. The van der Waals surface area contributed by atoms with Gasteiger partial charge in [-0.3, -0.25) is 14.4 Å². The number of anilines is 1. The van der Waals surface area contributed by atoms with E-state index in [0.29, 0.717) is 37.2 Å². The van der Waals surface area contributed by atoms with E-state index in [1.807, 2.05) is 0 Å². The number of para-hydroxylation sites is 1. The molecule has 1 aromatic rings. The molecule has 23 heavy (non-hydrogen) atoms. The molecule has 1 aromatic carbocycles. The largest absolute Gasteiger partial charge is 0.481 e. The normalized spacial score (nSPS) is 20.9. The van der Waals surface area contributed by atoms with Crippen molar-refractivity contribution in [3.05, 3.63) is 29.8 Å². The molecule has 0 radical (unpaired) electrons. The molecule has 0 unspecified atom stereocenters. The van der Waals surface area contributed by atoms with Gasteiger partial charge in [0.05, 0.1) is 5.41 Å². The van der Waals surface area contributed by atoms with Crippen molar-refractivity contribution in [2.24, 2.45) is 0 Å². The average Bonchev–Trinajstić information content (AvgIpc) is 3.04. The molecular formula is C17H20N2O4. The molecule has 0 bridgehead atoms. The van der Waals surface area contributed by atoms with Crippen molar-refractivity contribution in [1.82, 2.24) is 4.90 Å². The molecule has 6 nitrogen and oxygen atoms in total. The lowest BCUT2D eigenvalue weighted by Crippen LogP contribution is -2.53. The first-order chi connectivity index (χ1) is 11.0. The summed E-state index contributed by atoms with van der Waals surface area (Å²) in [6, 6.07) is 7.10. The highest BCUT2D eigenvalue weighted by Crippen LogP contribution is 2.45. The molecular weight excluding hydrogens is 296 g/mol. The Hall–Kier alpha value is -2.37. The molecule has 6 heteroatoms. The number of aliphatic carboxylic acids is 1. The molecule has 0 aromatic heterocycles. The van der Waals surface area contributed by atoms with E-state index in [2.05, 4.69) is 0 Å². The quantitative estimate of drug-likeness (QED) is 0.855. The highest BCUT2D eigenvalue weighted by Gasteiger charge is 2.46. The molecule has 1 aliphatic heterocycles. The Morgan fingerprint density at radius 3 is 2.39 bits per heavy atom. The van der Waals surface area contributed by atoms with E-state index in [9.17, 15) is 19.5 Å². The van der Waals surface area contributed by atoms with E-state index < -0.39 is 23.2 Å². The van der Waals surface area contributed by atoms with Crippen molar-refractivity contribution < 1.29 is 19.5 Å². The van der Waals surface area contributed by atoms with Crippen LogP contribution in [0.1, 0.15) is 31.2 Å². The zero-order chi connectivity index (χ0) is 16.6. The van der Waals surface area contributed by atoms with Crippen LogP contribution in [0.4, 0.5) is 5.69 Å². The number of likely N-dealkylation sites (N-methyl/N-ethyl adjacent to an activating group) is 1. The third-order valence-corrected chi connectivity index (χ3v) is 5.01. The Kier molecular flexibility index (Phi) is 3.83. The van der Waals surface area contributed by atoms with Crippen molar-refractivity contribution in [3.63, 3.8) is 0 Å². The molecule has 1 saturated heterocycles. The van der Waals surface area contributed by atoms with Crippen LogP contribution in [0.2, 0.25) is 0 Å². The number of nitrogens with zero attached hydrogens (tertiary/aromatic N) is 2. The summed E-state index contributed by atoms with van der Waals surface area (Å²) in [5, 5.41) is 9.82. The van der Waals surface area contributed by atoms with E-state index in [-0.39, 0.29) is 0 Å². The second-order valence-corrected chi connectivity index (χ2v) is 6.30. The van der Waals surface area contributed by atoms with Gasteiger partial charge in [0.1, 0.15) is 0 Å². The first kappa shape index (κ1) is 15.5. The fraction of sp³-hybridized carbons (Fsp3) is 0.471. The number of rotatable bonds is 3. The monoisotopic (exact) mass is 316 g/mol. The van der Waals surface area contributed by atoms with Crippen LogP contribution in [-0.4, -0.2) is 47.9 Å². The fourth-order valence-corrected chi connectivity index (χ4v) is 3.65. The second-order valence-electron chi connectivity index (χ2n) is 6.30. The van der Waals surface area contributed by atoms with E-state index in [0.717, 1.165) is 12.8 Å². The van der Waals surface area contributed by atoms with Crippen LogP contribution in [0.25, 0.3) is 0 Å². The van der Waals surface area contributed by atoms with Gasteiger partial charge in [-0.1, -0.05) is 31.0 Å². The molecule has 122 valence electrons. The lowest BCUT2D eigenvalue weighted by Gasteiger charge is -2.35. The lowest BCUT2D eigenvalue weighted by molar-refractivity contribution is -0.145. The third kappa shape index (κ3) is 2.38. The first-order valence-corrected chi connectivity index (χ1v) is 7.87. The zero-order valence-corrected chi connectivity index (χ0v) is 13.1. The Morgan fingerprint density at radius 2 is 1.74 bits per heavy atom. The summed E-state index contributed by atoms with van der Waals surface area (Å²) in [7, 11) is 1.60. The molecule has 1 aliphatic carbocycles. The number of piperazine rings is 1. The van der Waals surface area contributed by atoms with Gasteiger partial charge in [-0.25, -0.2) is 0 Å². The van der Waals surface area contributed by atoms with Crippen LogP contribution in [0.5, 0.6) is 0 Å². The number of benzene rings is 1. The molecule has 0 atom stereocenters. The summed E-state index contributed by atoms with van der Waals surface area (Å²) in [6.07, 6.45) is 2.84. The van der Waals surface area contributed by atoms with Gasteiger partial charge in [-0.15, -0.1) is 0 Å². The minimum absolute atomic E-state index is 0.383. The van der Waals surface area contributed by atoms with Gasteiger partial charge < -0.3 is 14.9 Å². The third-order valence-electron chi connectivity index (χ3n) is 5.01. The minimum atomic E-state index is -0.955. The Bertz CT molecular complexity index is 664. The highest BCUT2D eigenvalue weighted by molar-refractivity contribution is 6.41. The molecule has 3 rings (SSSR count). The number of carboxylic acid groups (broad SMARTS) is 1. The van der Waals surface area contributed by atoms with Gasteiger partial charge in [-0.05, 0) is 24.5 Å². The number of carboxylic acids is 1. The predicted octanol–water partition coefficient (Wildman–Crippen LogP) is 1.39. The van der Waals surface area contributed by atoms with Crippen LogP contribution in [0, 0.1) is 0 Å². The maximum absolute atomic E-state index is 12.4. The van der Waals surface area contributed by atoms with Crippen LogP contribution >= 0.6 is 0 Å². The van der Waals surface area contributed by atoms with Crippen molar-refractivity contribution in [1.29, 1.82) is 0 Å². The number of hydrogen-bond donors (Lipinski definition) is 1. The van der Waals surface area contributed by atoms with E-state index >= 15 is 0 Å². The summed E-state index contributed by atoms with van der Waals surface area (Å²) in [6.45, 7) is 0.826. The summed E-state index contributed by atoms with van der Waals surface area (Å²) in [4.78, 5) is 39.1. The maximum Gasteiger partial charge on any atom is 0.316 e. The van der Waals surface area contributed by atoms with Crippen LogP contribution in [0.3, 0.4) is 0 Å². The van der Waals surface area contributed by atoms with Gasteiger partial charge in [0.2, 0.25) is 0 Å². The Balaban J connectivity index is 2.07. The van der Waals surface area contributed by atoms with Crippen molar-refractivity contribution in [3.8, 4) is 0 Å². The summed E-state index contributed by atoms with van der Waals surface area (Å²) in [5.74, 6) is -2.00. The number of carbonyl (C=O) groups is 3. The van der Waals surface area contributed by atoms with E-state index in [1.54, 1.807) is 31.3 Å². The fourth-order valence-electron chi connectivity index (χ4n) is 3.65.